The second-order valence-electron chi connectivity index (χ2n) is 10.3. The molecule has 194 valence electrons. The second-order valence-corrected chi connectivity index (χ2v) is 10.3. The van der Waals surface area contributed by atoms with Crippen LogP contribution in [0.15, 0.2) is 23.8 Å². The summed E-state index contributed by atoms with van der Waals surface area (Å²) in [7, 11) is 0. The molecule has 8 atom stereocenters. The number of rotatable bonds is 10. The smallest absolute Gasteiger partial charge is 0.244 e. The number of amides is 2. The summed E-state index contributed by atoms with van der Waals surface area (Å²) in [5.41, 5.74) is 3.51. The van der Waals surface area contributed by atoms with Gasteiger partial charge in [-0.1, -0.05) is 31.6 Å². The molecule has 2 heterocycles. The van der Waals surface area contributed by atoms with Gasteiger partial charge in [0.1, 0.15) is 0 Å². The van der Waals surface area contributed by atoms with Crippen LogP contribution in [-0.4, -0.2) is 53.5 Å². The lowest BCUT2D eigenvalue weighted by molar-refractivity contribution is -0.130. The number of hydrogen-bond donors (Lipinski definition) is 4. The zero-order valence-corrected chi connectivity index (χ0v) is 21.5. The summed E-state index contributed by atoms with van der Waals surface area (Å²) in [6.45, 7) is 10.2. The SMILES string of the molecule is CC(=CCC1OC(C)C(NC(=O)C=CC(C)O)CC1C)CCC1OC(CC(=O)NN)CCC1C. The third-order valence-corrected chi connectivity index (χ3v) is 7.11. The van der Waals surface area contributed by atoms with Gasteiger partial charge in [0.05, 0.1) is 43.0 Å². The van der Waals surface area contributed by atoms with Crippen LogP contribution in [0.4, 0.5) is 0 Å². The van der Waals surface area contributed by atoms with Crippen molar-refractivity contribution in [2.24, 2.45) is 17.7 Å². The molecule has 2 saturated heterocycles. The van der Waals surface area contributed by atoms with E-state index < -0.39 is 6.10 Å². The Balaban J connectivity index is 1.79. The number of aliphatic hydroxyl groups excluding tert-OH is 1. The average molecular weight is 480 g/mol. The maximum atomic E-state index is 12.1. The first kappa shape index (κ1) is 28.5. The summed E-state index contributed by atoms with van der Waals surface area (Å²) in [6, 6.07) is -0.0401. The number of nitrogens with one attached hydrogen (secondary N) is 2. The highest BCUT2D eigenvalue weighted by atomic mass is 16.5. The quantitative estimate of drug-likeness (QED) is 0.126. The molecule has 0 spiro atoms. The lowest BCUT2D eigenvalue weighted by Crippen LogP contribution is -2.50. The number of carbonyl (C=O) groups excluding carboxylic acids is 2. The van der Waals surface area contributed by atoms with E-state index in [4.69, 9.17) is 15.3 Å². The highest BCUT2D eigenvalue weighted by Gasteiger charge is 2.33. The molecular weight excluding hydrogens is 434 g/mol. The maximum absolute atomic E-state index is 12.1. The molecule has 8 unspecified atom stereocenters. The Bertz CT molecular complexity index is 723. The Labute approximate surface area is 204 Å². The molecule has 0 aliphatic carbocycles. The molecule has 5 N–H and O–H groups in total. The van der Waals surface area contributed by atoms with Crippen LogP contribution < -0.4 is 16.6 Å². The summed E-state index contributed by atoms with van der Waals surface area (Å²) in [4.78, 5) is 23.6. The largest absolute Gasteiger partial charge is 0.389 e. The average Bonchev–Trinajstić information content (AvgIpc) is 2.79. The molecule has 2 amide bonds. The fraction of sp³-hybridized carbons (Fsp3) is 0.769. The minimum absolute atomic E-state index is 0.0401. The van der Waals surface area contributed by atoms with E-state index in [1.807, 2.05) is 6.92 Å². The van der Waals surface area contributed by atoms with Crippen LogP contribution in [0.5, 0.6) is 0 Å². The zero-order chi connectivity index (χ0) is 25.3. The summed E-state index contributed by atoms with van der Waals surface area (Å²) >= 11 is 0. The van der Waals surface area contributed by atoms with Gasteiger partial charge in [-0.15, -0.1) is 0 Å². The van der Waals surface area contributed by atoms with E-state index in [9.17, 15) is 14.7 Å². The summed E-state index contributed by atoms with van der Waals surface area (Å²) in [5.74, 6) is 5.64. The molecule has 0 aromatic heterocycles. The molecule has 0 radical (unpaired) electrons. The van der Waals surface area contributed by atoms with Gasteiger partial charge in [0.15, 0.2) is 0 Å². The van der Waals surface area contributed by atoms with Gasteiger partial charge < -0.3 is 19.9 Å². The van der Waals surface area contributed by atoms with Crippen molar-refractivity contribution >= 4 is 11.8 Å². The van der Waals surface area contributed by atoms with Gasteiger partial charge >= 0.3 is 0 Å². The van der Waals surface area contributed by atoms with Crippen LogP contribution in [0.3, 0.4) is 0 Å². The molecule has 0 aromatic carbocycles. The number of carbonyl (C=O) groups is 2. The first-order valence-corrected chi connectivity index (χ1v) is 12.7. The third kappa shape index (κ3) is 9.49. The number of nitrogens with two attached hydrogens (primary N) is 1. The number of hydrazine groups is 1. The lowest BCUT2D eigenvalue weighted by Gasteiger charge is -2.39. The molecule has 0 bridgehead atoms. The highest BCUT2D eigenvalue weighted by Crippen LogP contribution is 2.31. The highest BCUT2D eigenvalue weighted by molar-refractivity contribution is 5.87. The van der Waals surface area contributed by atoms with Gasteiger partial charge in [-0.05, 0) is 71.1 Å². The predicted molar refractivity (Wildman–Crippen MR) is 132 cm³/mol. The van der Waals surface area contributed by atoms with Crippen molar-refractivity contribution in [1.29, 1.82) is 0 Å². The van der Waals surface area contributed by atoms with Crippen molar-refractivity contribution in [2.75, 3.05) is 0 Å². The van der Waals surface area contributed by atoms with Crippen molar-refractivity contribution in [2.45, 2.75) is 116 Å². The normalized spacial score (nSPS) is 33.5. The van der Waals surface area contributed by atoms with E-state index >= 15 is 0 Å². The number of hydrogen-bond acceptors (Lipinski definition) is 6. The molecule has 2 rings (SSSR count). The van der Waals surface area contributed by atoms with Crippen LogP contribution in [0.25, 0.3) is 0 Å². The van der Waals surface area contributed by atoms with E-state index in [0.717, 1.165) is 38.5 Å². The monoisotopic (exact) mass is 479 g/mol. The van der Waals surface area contributed by atoms with Crippen molar-refractivity contribution in [3.8, 4) is 0 Å². The number of aliphatic hydroxyl groups is 1. The standard InChI is InChI=1S/C26H45N3O5/c1-16(6-11-23-17(2)8-10-21(34-23)15-26(32)29-27)7-12-24-18(3)14-22(20(5)33-24)28-25(31)13-9-19(4)30/h7,9,13,17-24,30H,6,8,10-12,14-15,27H2,1-5H3,(H,28,31)(H,29,32). The fourth-order valence-corrected chi connectivity index (χ4v) is 4.81. The molecule has 0 aromatic rings. The van der Waals surface area contributed by atoms with E-state index in [0.29, 0.717) is 18.3 Å². The molecule has 8 nitrogen and oxygen atoms in total. The molecule has 8 heteroatoms. The van der Waals surface area contributed by atoms with Gasteiger partial charge in [0.25, 0.3) is 0 Å². The Morgan fingerprint density at radius 2 is 1.88 bits per heavy atom. The summed E-state index contributed by atoms with van der Waals surface area (Å²) in [6.07, 6.45) is 10.5. The van der Waals surface area contributed by atoms with Gasteiger partial charge in [0, 0.05) is 6.08 Å². The first-order chi connectivity index (χ1) is 16.1. The minimum Gasteiger partial charge on any atom is -0.389 e. The van der Waals surface area contributed by atoms with Crippen molar-refractivity contribution in [1.82, 2.24) is 10.7 Å². The molecular formula is C26H45N3O5. The van der Waals surface area contributed by atoms with Crippen molar-refractivity contribution < 1.29 is 24.2 Å². The van der Waals surface area contributed by atoms with Crippen LogP contribution in [-0.2, 0) is 19.1 Å². The van der Waals surface area contributed by atoms with Gasteiger partial charge in [-0.2, -0.15) is 0 Å². The zero-order valence-electron chi connectivity index (χ0n) is 21.5. The van der Waals surface area contributed by atoms with E-state index in [-0.39, 0.29) is 42.3 Å². The summed E-state index contributed by atoms with van der Waals surface area (Å²) < 4.78 is 12.5. The molecule has 34 heavy (non-hydrogen) atoms. The first-order valence-electron chi connectivity index (χ1n) is 12.7. The topological polar surface area (TPSA) is 123 Å². The molecule has 0 saturated carbocycles. The van der Waals surface area contributed by atoms with E-state index in [2.05, 4.69) is 37.6 Å². The minimum atomic E-state index is -0.643. The van der Waals surface area contributed by atoms with Crippen molar-refractivity contribution in [3.05, 3.63) is 23.8 Å². The molecule has 2 aliphatic rings. The van der Waals surface area contributed by atoms with Gasteiger partial charge in [-0.25, -0.2) is 5.84 Å². The number of allylic oxidation sites excluding steroid dienone is 1. The van der Waals surface area contributed by atoms with Gasteiger partial charge in [0.2, 0.25) is 11.8 Å². The van der Waals surface area contributed by atoms with E-state index in [1.54, 1.807) is 6.92 Å². The second kappa shape index (κ2) is 14.0. The van der Waals surface area contributed by atoms with Crippen LogP contribution in [0, 0.1) is 11.8 Å². The fourth-order valence-electron chi connectivity index (χ4n) is 4.81. The van der Waals surface area contributed by atoms with Crippen LogP contribution in [0.1, 0.15) is 79.6 Å². The molecule has 2 aliphatic heterocycles. The Morgan fingerprint density at radius 3 is 2.56 bits per heavy atom. The van der Waals surface area contributed by atoms with Gasteiger partial charge in [-0.3, -0.25) is 15.0 Å². The lowest BCUT2D eigenvalue weighted by atomic mass is 9.87. The Hall–Kier alpha value is -1.74. The van der Waals surface area contributed by atoms with Crippen molar-refractivity contribution in [3.63, 3.8) is 0 Å². The number of ether oxygens (including phenoxy) is 2. The van der Waals surface area contributed by atoms with Crippen LogP contribution >= 0.6 is 0 Å². The Kier molecular flexibility index (Phi) is 11.7. The van der Waals surface area contributed by atoms with E-state index in [1.165, 1.54) is 17.7 Å². The summed E-state index contributed by atoms with van der Waals surface area (Å²) in [5, 5.41) is 12.3. The van der Waals surface area contributed by atoms with Crippen LogP contribution in [0.2, 0.25) is 0 Å². The Morgan fingerprint density at radius 1 is 1.15 bits per heavy atom. The predicted octanol–water partition coefficient (Wildman–Crippen LogP) is 2.90. The molecule has 2 fully saturated rings. The maximum Gasteiger partial charge on any atom is 0.244 e. The third-order valence-electron chi connectivity index (χ3n) is 7.11.